The molecule has 0 saturated carbocycles. The molecule has 0 bridgehead atoms. The zero-order valence-corrected chi connectivity index (χ0v) is 10.7. The van der Waals surface area contributed by atoms with Crippen LogP contribution in [0, 0.1) is 17.8 Å². The molecule has 0 aliphatic rings. The molecule has 0 unspecified atom stereocenters. The number of pyridine rings is 1. The minimum atomic E-state index is 0.565. The molecule has 90 valence electrons. The maximum Gasteiger partial charge on any atom is 0.128 e. The molecule has 1 aromatic rings. The van der Waals surface area contributed by atoms with Crippen molar-refractivity contribution < 1.29 is 0 Å². The maximum atomic E-state index is 5.63. The van der Waals surface area contributed by atoms with Crippen LogP contribution in [0.4, 0.5) is 11.6 Å². The second-order valence-corrected chi connectivity index (χ2v) is 4.98. The van der Waals surface area contributed by atoms with Crippen molar-refractivity contribution in [3.05, 3.63) is 18.2 Å². The Morgan fingerprint density at radius 3 is 2.31 bits per heavy atom. The van der Waals surface area contributed by atoms with E-state index in [0.29, 0.717) is 23.6 Å². The number of nitrogens with one attached hydrogen (secondary N) is 1. The van der Waals surface area contributed by atoms with E-state index in [1.807, 2.05) is 12.1 Å². The van der Waals surface area contributed by atoms with Crippen molar-refractivity contribution in [2.75, 3.05) is 17.6 Å². The standard InChI is InChI=1S/C13H23N3/c1-9(2)11(10(3)4)8-15-13-7-5-6-12(14)16-13/h5-7,9-11H,8H2,1-4H3,(H3,14,15,16). The van der Waals surface area contributed by atoms with Crippen LogP contribution in [-0.2, 0) is 0 Å². The van der Waals surface area contributed by atoms with E-state index in [0.717, 1.165) is 12.4 Å². The number of rotatable bonds is 5. The van der Waals surface area contributed by atoms with Crippen molar-refractivity contribution in [1.29, 1.82) is 0 Å². The van der Waals surface area contributed by atoms with E-state index in [1.54, 1.807) is 6.07 Å². The first-order chi connectivity index (χ1) is 7.50. The molecule has 0 fully saturated rings. The fourth-order valence-corrected chi connectivity index (χ4v) is 2.01. The summed E-state index contributed by atoms with van der Waals surface area (Å²) in [5.41, 5.74) is 5.63. The molecule has 3 nitrogen and oxygen atoms in total. The Morgan fingerprint density at radius 1 is 1.19 bits per heavy atom. The number of nitrogens with two attached hydrogens (primary N) is 1. The van der Waals surface area contributed by atoms with Crippen LogP contribution in [0.1, 0.15) is 27.7 Å². The molecule has 1 aromatic heterocycles. The lowest BCUT2D eigenvalue weighted by molar-refractivity contribution is 0.304. The highest BCUT2D eigenvalue weighted by Crippen LogP contribution is 2.20. The molecular weight excluding hydrogens is 198 g/mol. The van der Waals surface area contributed by atoms with Gasteiger partial charge in [-0.1, -0.05) is 33.8 Å². The van der Waals surface area contributed by atoms with Gasteiger partial charge in [0.25, 0.3) is 0 Å². The fourth-order valence-electron chi connectivity index (χ4n) is 2.01. The molecule has 3 N–H and O–H groups in total. The smallest absolute Gasteiger partial charge is 0.128 e. The highest BCUT2D eigenvalue weighted by molar-refractivity contribution is 5.42. The zero-order valence-electron chi connectivity index (χ0n) is 10.7. The van der Waals surface area contributed by atoms with Gasteiger partial charge in [0.05, 0.1) is 0 Å². The fraction of sp³-hybridized carbons (Fsp3) is 0.615. The average Bonchev–Trinajstić information content (AvgIpc) is 2.16. The Morgan fingerprint density at radius 2 is 1.81 bits per heavy atom. The Kier molecular flexibility index (Phi) is 4.59. The molecule has 0 aromatic carbocycles. The van der Waals surface area contributed by atoms with Crippen molar-refractivity contribution in [3.63, 3.8) is 0 Å². The van der Waals surface area contributed by atoms with Gasteiger partial charge in [-0.05, 0) is 29.9 Å². The predicted molar refractivity (Wildman–Crippen MR) is 70.3 cm³/mol. The van der Waals surface area contributed by atoms with Gasteiger partial charge in [0, 0.05) is 6.54 Å². The average molecular weight is 221 g/mol. The summed E-state index contributed by atoms with van der Waals surface area (Å²) in [7, 11) is 0. The molecule has 16 heavy (non-hydrogen) atoms. The van der Waals surface area contributed by atoms with Crippen LogP contribution in [0.2, 0.25) is 0 Å². The lowest BCUT2D eigenvalue weighted by Crippen LogP contribution is -2.24. The van der Waals surface area contributed by atoms with Crippen molar-refractivity contribution in [3.8, 4) is 0 Å². The Bertz CT molecular complexity index is 313. The highest BCUT2D eigenvalue weighted by Gasteiger charge is 2.17. The molecule has 3 heteroatoms. The predicted octanol–water partition coefficient (Wildman–Crippen LogP) is 3.00. The summed E-state index contributed by atoms with van der Waals surface area (Å²) >= 11 is 0. The van der Waals surface area contributed by atoms with Crippen LogP contribution in [0.25, 0.3) is 0 Å². The second kappa shape index (κ2) is 5.73. The molecular formula is C13H23N3. The van der Waals surface area contributed by atoms with E-state index in [4.69, 9.17) is 5.73 Å². The molecule has 0 radical (unpaired) electrons. The third-order valence-corrected chi connectivity index (χ3v) is 3.00. The summed E-state index contributed by atoms with van der Waals surface area (Å²) in [6.45, 7) is 10.0. The van der Waals surface area contributed by atoms with Crippen molar-refractivity contribution in [2.45, 2.75) is 27.7 Å². The SMILES string of the molecule is CC(C)C(CNc1cccc(N)n1)C(C)C. The van der Waals surface area contributed by atoms with Gasteiger partial charge in [0.1, 0.15) is 11.6 Å². The van der Waals surface area contributed by atoms with Gasteiger partial charge in [-0.2, -0.15) is 0 Å². The van der Waals surface area contributed by atoms with Crippen molar-refractivity contribution in [1.82, 2.24) is 4.98 Å². The lowest BCUT2D eigenvalue weighted by Gasteiger charge is -2.25. The topological polar surface area (TPSA) is 50.9 Å². The van der Waals surface area contributed by atoms with E-state index in [-0.39, 0.29) is 0 Å². The number of nitrogens with zero attached hydrogens (tertiary/aromatic N) is 1. The number of aromatic nitrogens is 1. The van der Waals surface area contributed by atoms with Crippen molar-refractivity contribution in [2.24, 2.45) is 17.8 Å². The second-order valence-electron chi connectivity index (χ2n) is 4.98. The molecule has 0 spiro atoms. The van der Waals surface area contributed by atoms with Gasteiger partial charge in [0.15, 0.2) is 0 Å². The number of anilines is 2. The van der Waals surface area contributed by atoms with E-state index in [1.165, 1.54) is 0 Å². The van der Waals surface area contributed by atoms with Crippen LogP contribution in [0.15, 0.2) is 18.2 Å². The van der Waals surface area contributed by atoms with Crippen LogP contribution < -0.4 is 11.1 Å². The van der Waals surface area contributed by atoms with Crippen LogP contribution in [0.3, 0.4) is 0 Å². The van der Waals surface area contributed by atoms with Crippen LogP contribution >= 0.6 is 0 Å². The van der Waals surface area contributed by atoms with Gasteiger partial charge < -0.3 is 11.1 Å². The van der Waals surface area contributed by atoms with E-state index in [9.17, 15) is 0 Å². The maximum absolute atomic E-state index is 5.63. The molecule has 0 aliphatic carbocycles. The largest absolute Gasteiger partial charge is 0.384 e. The van der Waals surface area contributed by atoms with Gasteiger partial charge in [-0.3, -0.25) is 0 Å². The minimum absolute atomic E-state index is 0.565. The summed E-state index contributed by atoms with van der Waals surface area (Å²) in [5.74, 6) is 3.44. The van der Waals surface area contributed by atoms with E-state index < -0.39 is 0 Å². The third-order valence-electron chi connectivity index (χ3n) is 3.00. The number of hydrogen-bond acceptors (Lipinski definition) is 3. The molecule has 0 saturated heterocycles. The summed E-state index contributed by atoms with van der Waals surface area (Å²) in [5, 5.41) is 3.36. The highest BCUT2D eigenvalue weighted by atomic mass is 15.0. The van der Waals surface area contributed by atoms with Crippen molar-refractivity contribution >= 4 is 11.6 Å². The van der Waals surface area contributed by atoms with E-state index >= 15 is 0 Å². The van der Waals surface area contributed by atoms with Gasteiger partial charge >= 0.3 is 0 Å². The first kappa shape index (κ1) is 12.8. The number of hydrogen-bond donors (Lipinski definition) is 2. The van der Waals surface area contributed by atoms with Gasteiger partial charge in [-0.15, -0.1) is 0 Å². The van der Waals surface area contributed by atoms with Gasteiger partial charge in [-0.25, -0.2) is 4.98 Å². The Labute approximate surface area is 98.5 Å². The Hall–Kier alpha value is -1.25. The summed E-state index contributed by atoms with van der Waals surface area (Å²) in [4.78, 5) is 4.23. The molecule has 0 amide bonds. The molecule has 1 heterocycles. The normalized spacial score (nSPS) is 11.4. The molecule has 0 aliphatic heterocycles. The molecule has 1 rings (SSSR count). The van der Waals surface area contributed by atoms with Crippen LogP contribution in [0.5, 0.6) is 0 Å². The first-order valence-corrected chi connectivity index (χ1v) is 5.97. The van der Waals surface area contributed by atoms with E-state index in [2.05, 4.69) is 38.0 Å². The monoisotopic (exact) mass is 221 g/mol. The number of nitrogen functional groups attached to an aromatic ring is 1. The molecule has 0 atom stereocenters. The minimum Gasteiger partial charge on any atom is -0.384 e. The summed E-state index contributed by atoms with van der Waals surface area (Å²) in [6, 6.07) is 5.67. The quantitative estimate of drug-likeness (QED) is 0.803. The van der Waals surface area contributed by atoms with Gasteiger partial charge in [0.2, 0.25) is 0 Å². The zero-order chi connectivity index (χ0) is 12.1. The third kappa shape index (κ3) is 3.72. The summed E-state index contributed by atoms with van der Waals surface area (Å²) < 4.78 is 0. The lowest BCUT2D eigenvalue weighted by atomic mass is 9.85. The van der Waals surface area contributed by atoms with Crippen LogP contribution in [-0.4, -0.2) is 11.5 Å². The summed E-state index contributed by atoms with van der Waals surface area (Å²) in [6.07, 6.45) is 0. The Balaban J connectivity index is 2.55. The first-order valence-electron chi connectivity index (χ1n) is 5.97.